The van der Waals surface area contributed by atoms with Crippen molar-refractivity contribution in [3.63, 3.8) is 0 Å². The summed E-state index contributed by atoms with van der Waals surface area (Å²) in [4.78, 5) is 11.6. The lowest BCUT2D eigenvalue weighted by atomic mass is 9.82. The molecule has 158 valence electrons. The Hall–Kier alpha value is -1.57. The topological polar surface area (TPSA) is 175 Å². The number of carbonyl (C=O) groups is 1. The van der Waals surface area contributed by atoms with Crippen LogP contribution in [-0.4, -0.2) is 100 Å². The zero-order chi connectivity index (χ0) is 20.6. The summed E-state index contributed by atoms with van der Waals surface area (Å²) in [7, 11) is 1.40. The van der Waals surface area contributed by atoms with Gasteiger partial charge in [0.15, 0.2) is 6.29 Å². The lowest BCUT2D eigenvalue weighted by molar-refractivity contribution is -0.340. The Kier molecular flexibility index (Phi) is 6.37. The van der Waals surface area contributed by atoms with Crippen molar-refractivity contribution in [1.29, 1.82) is 0 Å². The van der Waals surface area contributed by atoms with Crippen LogP contribution in [0.3, 0.4) is 0 Å². The number of rotatable bonds is 6. The van der Waals surface area contributed by atoms with E-state index < -0.39 is 74.1 Å². The van der Waals surface area contributed by atoms with E-state index in [1.54, 1.807) is 6.08 Å². The summed E-state index contributed by atoms with van der Waals surface area (Å²) in [6.45, 7) is -1.02. The molecule has 3 rings (SSSR count). The highest BCUT2D eigenvalue weighted by Gasteiger charge is 2.52. The van der Waals surface area contributed by atoms with Crippen LogP contribution in [0.25, 0.3) is 0 Å². The SMILES string of the molecule is COC1C=C(CO)C2C(O[C@@H]3O[C@H](CO)[C@@H](O)[C@@H](O)[C@H]3O)OC=C(C(=O)O)C12. The van der Waals surface area contributed by atoms with Crippen molar-refractivity contribution in [2.24, 2.45) is 11.8 Å². The van der Waals surface area contributed by atoms with Crippen molar-refractivity contribution >= 4 is 5.97 Å². The summed E-state index contributed by atoms with van der Waals surface area (Å²) in [6, 6.07) is 0. The van der Waals surface area contributed by atoms with Gasteiger partial charge in [-0.15, -0.1) is 0 Å². The molecule has 1 aliphatic carbocycles. The number of carboxylic acids is 1. The van der Waals surface area contributed by atoms with Crippen LogP contribution in [0, 0.1) is 11.8 Å². The smallest absolute Gasteiger partial charge is 0.335 e. The lowest BCUT2D eigenvalue weighted by Gasteiger charge is -2.43. The van der Waals surface area contributed by atoms with E-state index >= 15 is 0 Å². The predicted molar refractivity (Wildman–Crippen MR) is 88.4 cm³/mol. The fraction of sp³-hybridized carbons (Fsp3) is 0.706. The molecule has 0 spiro atoms. The zero-order valence-corrected chi connectivity index (χ0v) is 15.0. The molecule has 6 N–H and O–H groups in total. The second-order valence-electron chi connectivity index (χ2n) is 6.87. The number of hydrogen-bond acceptors (Lipinski definition) is 10. The first-order chi connectivity index (χ1) is 13.3. The van der Waals surface area contributed by atoms with E-state index in [1.165, 1.54) is 7.11 Å². The van der Waals surface area contributed by atoms with Gasteiger partial charge in [0.1, 0.15) is 24.4 Å². The largest absolute Gasteiger partial charge is 0.478 e. The summed E-state index contributed by atoms with van der Waals surface area (Å²) in [5.74, 6) is -2.68. The fourth-order valence-corrected chi connectivity index (χ4v) is 3.87. The average molecular weight is 404 g/mol. The van der Waals surface area contributed by atoms with Gasteiger partial charge in [0, 0.05) is 13.0 Å². The molecule has 0 radical (unpaired) electrons. The summed E-state index contributed by atoms with van der Waals surface area (Å²) in [5.41, 5.74) is 0.364. The van der Waals surface area contributed by atoms with Gasteiger partial charge in [-0.1, -0.05) is 6.08 Å². The monoisotopic (exact) mass is 404 g/mol. The van der Waals surface area contributed by atoms with Crippen molar-refractivity contribution in [2.75, 3.05) is 20.3 Å². The Labute approximate surface area is 160 Å². The van der Waals surface area contributed by atoms with E-state index in [1.807, 2.05) is 0 Å². The molecule has 1 fully saturated rings. The molecular weight excluding hydrogens is 380 g/mol. The molecule has 0 bridgehead atoms. The number of carboxylic acid groups (broad SMARTS) is 1. The first kappa shape index (κ1) is 21.1. The Morgan fingerprint density at radius 3 is 2.39 bits per heavy atom. The third-order valence-electron chi connectivity index (χ3n) is 5.35. The number of hydrogen-bond donors (Lipinski definition) is 6. The number of fused-ring (bicyclic) bond motifs is 1. The maximum Gasteiger partial charge on any atom is 0.335 e. The first-order valence-corrected chi connectivity index (χ1v) is 8.73. The van der Waals surface area contributed by atoms with Gasteiger partial charge in [0.05, 0.1) is 37.1 Å². The predicted octanol–water partition coefficient (Wildman–Crippen LogP) is -2.69. The maximum atomic E-state index is 11.6. The van der Waals surface area contributed by atoms with Gasteiger partial charge in [-0.2, -0.15) is 0 Å². The molecule has 0 amide bonds. The van der Waals surface area contributed by atoms with Crippen molar-refractivity contribution in [3.8, 4) is 0 Å². The quantitative estimate of drug-likeness (QED) is 0.254. The van der Waals surface area contributed by atoms with Crippen molar-refractivity contribution in [2.45, 2.75) is 43.1 Å². The Bertz CT molecular complexity index is 645. The Morgan fingerprint density at radius 1 is 1.11 bits per heavy atom. The molecule has 2 heterocycles. The summed E-state index contributed by atoms with van der Waals surface area (Å²) >= 11 is 0. The van der Waals surface area contributed by atoms with Crippen LogP contribution >= 0.6 is 0 Å². The summed E-state index contributed by atoms with van der Waals surface area (Å²) in [6.07, 6.45) is -6.68. The van der Waals surface area contributed by atoms with E-state index in [2.05, 4.69) is 0 Å². The van der Waals surface area contributed by atoms with Crippen LogP contribution < -0.4 is 0 Å². The Morgan fingerprint density at radius 2 is 1.82 bits per heavy atom. The van der Waals surface area contributed by atoms with E-state index in [4.69, 9.17) is 18.9 Å². The Balaban J connectivity index is 1.86. The molecule has 11 nitrogen and oxygen atoms in total. The third-order valence-corrected chi connectivity index (χ3v) is 5.35. The van der Waals surface area contributed by atoms with Crippen molar-refractivity contribution in [1.82, 2.24) is 0 Å². The normalized spacial score (nSPS) is 43.0. The van der Waals surface area contributed by atoms with Gasteiger partial charge in [0.2, 0.25) is 6.29 Å². The van der Waals surface area contributed by atoms with E-state index in [9.17, 15) is 35.4 Å². The van der Waals surface area contributed by atoms with Crippen LogP contribution in [-0.2, 0) is 23.7 Å². The highest BCUT2D eigenvalue weighted by molar-refractivity contribution is 5.87. The molecule has 0 saturated carbocycles. The molecule has 0 aromatic carbocycles. The van der Waals surface area contributed by atoms with Crippen molar-refractivity contribution in [3.05, 3.63) is 23.5 Å². The minimum Gasteiger partial charge on any atom is -0.478 e. The summed E-state index contributed by atoms with van der Waals surface area (Å²) in [5, 5.41) is 58.3. The molecular formula is C17H24O11. The second kappa shape index (κ2) is 8.43. The van der Waals surface area contributed by atoms with Crippen LogP contribution in [0.1, 0.15) is 0 Å². The van der Waals surface area contributed by atoms with Gasteiger partial charge in [-0.3, -0.25) is 0 Å². The van der Waals surface area contributed by atoms with Crippen LogP contribution in [0.2, 0.25) is 0 Å². The lowest BCUT2D eigenvalue weighted by Crippen LogP contribution is -2.60. The average Bonchev–Trinajstić information content (AvgIpc) is 3.07. The number of methoxy groups -OCH3 is 1. The number of aliphatic hydroxyl groups is 5. The standard InChI is InChI=1S/C17H24O11/c1-25-8-2-6(3-18)10-11(8)7(15(23)24)5-26-16(10)28-17-14(22)13(21)12(20)9(4-19)27-17/h2,5,8-14,16-22H,3-4H2,1H3,(H,23,24)/t8?,9-,10?,11?,12-,13-,14-,16?,17+/m1/s1. The molecule has 2 aliphatic heterocycles. The van der Waals surface area contributed by atoms with Gasteiger partial charge in [-0.05, 0) is 5.57 Å². The molecule has 1 saturated heterocycles. The highest BCUT2D eigenvalue weighted by atomic mass is 16.8. The fourth-order valence-electron chi connectivity index (χ4n) is 3.87. The van der Waals surface area contributed by atoms with Crippen molar-refractivity contribution < 1.29 is 54.4 Å². The van der Waals surface area contributed by atoms with Gasteiger partial charge >= 0.3 is 5.97 Å². The third kappa shape index (κ3) is 3.55. The summed E-state index contributed by atoms with van der Waals surface area (Å²) < 4.78 is 21.7. The maximum absolute atomic E-state index is 11.6. The van der Waals surface area contributed by atoms with E-state index in [0.717, 1.165) is 6.26 Å². The van der Waals surface area contributed by atoms with E-state index in [-0.39, 0.29) is 5.57 Å². The molecule has 0 aromatic heterocycles. The molecule has 3 aliphatic rings. The number of ether oxygens (including phenoxy) is 4. The van der Waals surface area contributed by atoms with Gasteiger partial charge < -0.3 is 49.6 Å². The zero-order valence-electron chi connectivity index (χ0n) is 15.0. The second-order valence-corrected chi connectivity index (χ2v) is 6.87. The molecule has 9 atom stereocenters. The molecule has 0 aromatic rings. The molecule has 11 heteroatoms. The number of aliphatic hydroxyl groups excluding tert-OH is 5. The number of aliphatic carboxylic acids is 1. The van der Waals surface area contributed by atoms with Gasteiger partial charge in [-0.25, -0.2) is 4.79 Å². The van der Waals surface area contributed by atoms with Crippen LogP contribution in [0.4, 0.5) is 0 Å². The van der Waals surface area contributed by atoms with Crippen LogP contribution in [0.15, 0.2) is 23.5 Å². The molecule has 4 unspecified atom stereocenters. The minimum atomic E-state index is -1.65. The van der Waals surface area contributed by atoms with Gasteiger partial charge in [0.25, 0.3) is 0 Å². The highest BCUT2D eigenvalue weighted by Crippen LogP contribution is 2.45. The van der Waals surface area contributed by atoms with E-state index in [0.29, 0.717) is 5.57 Å². The minimum absolute atomic E-state index is 0.0646. The first-order valence-electron chi connectivity index (χ1n) is 8.73. The van der Waals surface area contributed by atoms with Crippen LogP contribution in [0.5, 0.6) is 0 Å². The molecule has 28 heavy (non-hydrogen) atoms.